The number of carbonyl (C=O) groups excluding carboxylic acids is 1. The lowest BCUT2D eigenvalue weighted by Gasteiger charge is -2.43. The lowest BCUT2D eigenvalue weighted by molar-refractivity contribution is -0.123. The second-order valence-corrected chi connectivity index (χ2v) is 7.69. The highest BCUT2D eigenvalue weighted by Crippen LogP contribution is 2.33. The van der Waals surface area contributed by atoms with Gasteiger partial charge in [0.2, 0.25) is 5.91 Å². The molecule has 3 N–H and O–H groups in total. The van der Waals surface area contributed by atoms with Crippen molar-refractivity contribution in [2.24, 2.45) is 11.7 Å². The summed E-state index contributed by atoms with van der Waals surface area (Å²) in [6.45, 7) is 8.43. The van der Waals surface area contributed by atoms with E-state index in [1.165, 1.54) is 5.75 Å². The van der Waals surface area contributed by atoms with Crippen LogP contribution < -0.4 is 11.1 Å². The highest BCUT2D eigenvalue weighted by atomic mass is 32.2. The van der Waals surface area contributed by atoms with Crippen LogP contribution in [0.5, 0.6) is 0 Å². The van der Waals surface area contributed by atoms with Crippen molar-refractivity contribution in [2.45, 2.75) is 38.3 Å². The summed E-state index contributed by atoms with van der Waals surface area (Å²) >= 11 is 1.98. The Morgan fingerprint density at radius 2 is 2.14 bits per heavy atom. The molecule has 0 spiro atoms. The molecular formula is C15H29N3O2S. The SMILES string of the molecule is CC(C)C[C@H](N)C(=O)NCC1(N2CCOCC2)CCSC1. The fraction of sp³-hybridized carbons (Fsp3) is 0.933. The molecule has 21 heavy (non-hydrogen) atoms. The van der Waals surface area contributed by atoms with Gasteiger partial charge >= 0.3 is 0 Å². The van der Waals surface area contributed by atoms with Crippen LogP contribution in [0, 0.1) is 5.92 Å². The zero-order valence-corrected chi connectivity index (χ0v) is 14.1. The van der Waals surface area contributed by atoms with E-state index in [9.17, 15) is 4.79 Å². The number of ether oxygens (including phenoxy) is 1. The van der Waals surface area contributed by atoms with Gasteiger partial charge in [0.1, 0.15) is 0 Å². The number of rotatable bonds is 6. The second-order valence-electron chi connectivity index (χ2n) is 6.58. The standard InChI is InChI=1S/C15H29N3O2S/c1-12(2)9-13(16)14(19)17-10-15(3-8-21-11-15)18-4-6-20-7-5-18/h12-13H,3-11,16H2,1-2H3,(H,17,19)/t13-,15?/m0/s1. The first-order valence-corrected chi connectivity index (χ1v) is 9.13. The first-order chi connectivity index (χ1) is 10.0. The molecule has 122 valence electrons. The minimum Gasteiger partial charge on any atom is -0.379 e. The molecule has 2 aliphatic rings. The summed E-state index contributed by atoms with van der Waals surface area (Å²) < 4.78 is 5.46. The minimum atomic E-state index is -0.388. The van der Waals surface area contributed by atoms with Gasteiger partial charge in [-0.25, -0.2) is 0 Å². The van der Waals surface area contributed by atoms with Crippen LogP contribution in [0.15, 0.2) is 0 Å². The van der Waals surface area contributed by atoms with E-state index in [1.54, 1.807) is 0 Å². The molecule has 0 aromatic heterocycles. The van der Waals surface area contributed by atoms with E-state index in [0.717, 1.165) is 44.9 Å². The summed E-state index contributed by atoms with van der Waals surface area (Å²) in [5.41, 5.74) is 6.07. The third-order valence-corrected chi connectivity index (χ3v) is 5.65. The number of hydrogen-bond acceptors (Lipinski definition) is 5. The maximum Gasteiger partial charge on any atom is 0.236 e. The topological polar surface area (TPSA) is 67.6 Å². The number of carbonyl (C=O) groups is 1. The molecule has 0 aromatic rings. The average Bonchev–Trinajstić information content (AvgIpc) is 2.95. The highest BCUT2D eigenvalue weighted by molar-refractivity contribution is 7.99. The molecule has 5 nitrogen and oxygen atoms in total. The van der Waals surface area contributed by atoms with Crippen LogP contribution in [-0.4, -0.2) is 66.7 Å². The summed E-state index contributed by atoms with van der Waals surface area (Å²) in [6.07, 6.45) is 1.88. The predicted molar refractivity (Wildman–Crippen MR) is 87.5 cm³/mol. The molecule has 2 aliphatic heterocycles. The zero-order chi connectivity index (χ0) is 15.3. The molecule has 2 heterocycles. The lowest BCUT2D eigenvalue weighted by atomic mass is 9.95. The third-order valence-electron chi connectivity index (χ3n) is 4.42. The van der Waals surface area contributed by atoms with Crippen molar-refractivity contribution < 1.29 is 9.53 Å². The Labute approximate surface area is 132 Å². The minimum absolute atomic E-state index is 0.00626. The van der Waals surface area contributed by atoms with Crippen molar-refractivity contribution in [1.82, 2.24) is 10.2 Å². The van der Waals surface area contributed by atoms with Gasteiger partial charge in [0.25, 0.3) is 0 Å². The molecule has 0 radical (unpaired) electrons. The van der Waals surface area contributed by atoms with Crippen LogP contribution in [0.4, 0.5) is 0 Å². The van der Waals surface area contributed by atoms with E-state index in [1.807, 2.05) is 11.8 Å². The lowest BCUT2D eigenvalue weighted by Crippen LogP contribution is -2.60. The maximum absolute atomic E-state index is 12.2. The van der Waals surface area contributed by atoms with Crippen molar-refractivity contribution in [2.75, 3.05) is 44.4 Å². The number of nitrogens with zero attached hydrogens (tertiary/aromatic N) is 1. The normalized spacial score (nSPS) is 28.8. The van der Waals surface area contributed by atoms with Crippen molar-refractivity contribution in [3.8, 4) is 0 Å². The Morgan fingerprint density at radius 1 is 1.43 bits per heavy atom. The van der Waals surface area contributed by atoms with E-state index in [4.69, 9.17) is 10.5 Å². The van der Waals surface area contributed by atoms with E-state index >= 15 is 0 Å². The van der Waals surface area contributed by atoms with Gasteiger partial charge < -0.3 is 15.8 Å². The molecule has 0 saturated carbocycles. The Bertz CT molecular complexity index is 340. The molecule has 0 aromatic carbocycles. The quantitative estimate of drug-likeness (QED) is 0.755. The van der Waals surface area contributed by atoms with Gasteiger partial charge in [0.05, 0.1) is 19.3 Å². The van der Waals surface area contributed by atoms with Crippen molar-refractivity contribution in [1.29, 1.82) is 0 Å². The van der Waals surface area contributed by atoms with Crippen molar-refractivity contribution in [3.05, 3.63) is 0 Å². The van der Waals surface area contributed by atoms with Gasteiger partial charge in [-0.1, -0.05) is 13.8 Å². The maximum atomic E-state index is 12.2. The first kappa shape index (κ1) is 17.1. The first-order valence-electron chi connectivity index (χ1n) is 7.97. The van der Waals surface area contributed by atoms with Crippen molar-refractivity contribution >= 4 is 17.7 Å². The third kappa shape index (κ3) is 4.58. The monoisotopic (exact) mass is 315 g/mol. The Balaban J connectivity index is 1.89. The molecule has 6 heteroatoms. The van der Waals surface area contributed by atoms with Gasteiger partial charge in [-0.2, -0.15) is 11.8 Å². The van der Waals surface area contributed by atoms with E-state index in [0.29, 0.717) is 12.5 Å². The molecule has 2 saturated heterocycles. The van der Waals surface area contributed by atoms with E-state index in [2.05, 4.69) is 24.1 Å². The number of morpholine rings is 1. The smallest absolute Gasteiger partial charge is 0.236 e. The fourth-order valence-corrected chi connectivity index (χ4v) is 4.61. The van der Waals surface area contributed by atoms with Gasteiger partial charge in [0, 0.05) is 30.9 Å². The van der Waals surface area contributed by atoms with Crippen LogP contribution in [-0.2, 0) is 9.53 Å². The van der Waals surface area contributed by atoms with Crippen LogP contribution in [0.1, 0.15) is 26.7 Å². The van der Waals surface area contributed by atoms with Gasteiger partial charge in [0.15, 0.2) is 0 Å². The Hall–Kier alpha value is -0.300. The molecular weight excluding hydrogens is 286 g/mol. The van der Waals surface area contributed by atoms with Gasteiger partial charge in [-0.3, -0.25) is 9.69 Å². The summed E-state index contributed by atoms with van der Waals surface area (Å²) in [5.74, 6) is 2.70. The van der Waals surface area contributed by atoms with Crippen LogP contribution in [0.2, 0.25) is 0 Å². The molecule has 0 bridgehead atoms. The van der Waals surface area contributed by atoms with Gasteiger partial charge in [-0.05, 0) is 24.5 Å². The fourth-order valence-electron chi connectivity index (χ4n) is 3.13. The molecule has 2 fully saturated rings. The molecule has 0 aliphatic carbocycles. The average molecular weight is 315 g/mol. The van der Waals surface area contributed by atoms with E-state index < -0.39 is 0 Å². The zero-order valence-electron chi connectivity index (χ0n) is 13.3. The summed E-state index contributed by atoms with van der Waals surface area (Å²) in [7, 11) is 0. The van der Waals surface area contributed by atoms with Crippen LogP contribution in [0.25, 0.3) is 0 Å². The van der Waals surface area contributed by atoms with Gasteiger partial charge in [-0.15, -0.1) is 0 Å². The largest absolute Gasteiger partial charge is 0.379 e. The Kier molecular flexibility index (Phi) is 6.34. The molecule has 2 atom stereocenters. The van der Waals surface area contributed by atoms with E-state index in [-0.39, 0.29) is 17.5 Å². The molecule has 2 rings (SSSR count). The predicted octanol–water partition coefficient (Wildman–Crippen LogP) is 0.684. The van der Waals surface area contributed by atoms with Crippen molar-refractivity contribution in [3.63, 3.8) is 0 Å². The Morgan fingerprint density at radius 3 is 2.71 bits per heavy atom. The number of thioether (sulfide) groups is 1. The molecule has 1 amide bonds. The molecule has 1 unspecified atom stereocenters. The number of hydrogen-bond donors (Lipinski definition) is 2. The number of nitrogens with two attached hydrogens (primary N) is 1. The highest BCUT2D eigenvalue weighted by Gasteiger charge is 2.41. The van der Waals surface area contributed by atoms with Crippen LogP contribution >= 0.6 is 11.8 Å². The summed E-state index contributed by atoms with van der Waals surface area (Å²) in [6, 6.07) is -0.388. The number of amides is 1. The second kappa shape index (κ2) is 7.81. The number of nitrogens with one attached hydrogen (secondary N) is 1. The summed E-state index contributed by atoms with van der Waals surface area (Å²) in [5, 5.41) is 3.11. The van der Waals surface area contributed by atoms with Crippen LogP contribution in [0.3, 0.4) is 0 Å². The summed E-state index contributed by atoms with van der Waals surface area (Å²) in [4.78, 5) is 14.7.